The highest BCUT2D eigenvalue weighted by molar-refractivity contribution is 5.21. The van der Waals surface area contributed by atoms with E-state index in [-0.39, 0.29) is 0 Å². The SMILES string of the molecule is CC1C2C(N)[C@H]12. The smallest absolute Gasteiger partial charge is 0.0108 e. The van der Waals surface area contributed by atoms with Gasteiger partial charge in [0, 0.05) is 6.04 Å². The first-order valence-corrected chi connectivity index (χ1v) is 2.58. The van der Waals surface area contributed by atoms with E-state index in [0.29, 0.717) is 6.04 Å². The van der Waals surface area contributed by atoms with Gasteiger partial charge in [0.15, 0.2) is 0 Å². The lowest BCUT2D eigenvalue weighted by Gasteiger charge is -1.95. The summed E-state index contributed by atoms with van der Waals surface area (Å²) in [6, 6.07) is 0.625. The summed E-state index contributed by atoms with van der Waals surface area (Å²) in [6.45, 7) is 2.28. The minimum atomic E-state index is 0.625. The minimum absolute atomic E-state index is 0.625. The quantitative estimate of drug-likeness (QED) is 0.445. The van der Waals surface area contributed by atoms with Crippen molar-refractivity contribution in [1.82, 2.24) is 0 Å². The summed E-state index contributed by atoms with van der Waals surface area (Å²) in [6.07, 6.45) is 0. The maximum Gasteiger partial charge on any atom is 0.0108 e. The third-order valence-corrected chi connectivity index (χ3v) is 2.27. The van der Waals surface area contributed by atoms with Gasteiger partial charge in [0.1, 0.15) is 0 Å². The molecule has 6 heavy (non-hydrogen) atoms. The monoisotopic (exact) mass is 83.1 g/mol. The second-order valence-corrected chi connectivity index (χ2v) is 2.59. The van der Waals surface area contributed by atoms with Gasteiger partial charge >= 0.3 is 0 Å². The van der Waals surface area contributed by atoms with Gasteiger partial charge in [-0.1, -0.05) is 6.92 Å². The van der Waals surface area contributed by atoms with Crippen molar-refractivity contribution in [1.29, 1.82) is 0 Å². The van der Waals surface area contributed by atoms with Crippen LogP contribution in [-0.4, -0.2) is 6.04 Å². The van der Waals surface area contributed by atoms with Crippen molar-refractivity contribution in [2.75, 3.05) is 0 Å². The van der Waals surface area contributed by atoms with Crippen LogP contribution in [0.1, 0.15) is 6.92 Å². The van der Waals surface area contributed by atoms with Crippen molar-refractivity contribution in [2.45, 2.75) is 13.0 Å². The fourth-order valence-electron chi connectivity index (χ4n) is 1.47. The molecule has 0 radical (unpaired) electrons. The molecule has 3 unspecified atom stereocenters. The molecule has 0 bridgehead atoms. The van der Waals surface area contributed by atoms with Gasteiger partial charge in [-0.15, -0.1) is 0 Å². The molecule has 1 heteroatoms. The Hall–Kier alpha value is -0.0400. The lowest BCUT2D eigenvalue weighted by Crippen LogP contribution is -2.13. The van der Waals surface area contributed by atoms with Gasteiger partial charge in [-0.05, 0) is 17.8 Å². The molecule has 2 N–H and O–H groups in total. The summed E-state index contributed by atoms with van der Waals surface area (Å²) in [5, 5.41) is 0. The maximum atomic E-state index is 5.51. The molecule has 0 aliphatic heterocycles. The normalized spacial score (nSPS) is 73.0. The first-order valence-electron chi connectivity index (χ1n) is 2.58. The van der Waals surface area contributed by atoms with E-state index in [1.54, 1.807) is 0 Å². The summed E-state index contributed by atoms with van der Waals surface area (Å²) < 4.78 is 0. The van der Waals surface area contributed by atoms with E-state index in [9.17, 15) is 0 Å². The Kier molecular flexibility index (Phi) is 0.274. The third kappa shape index (κ3) is 0.136. The van der Waals surface area contributed by atoms with Gasteiger partial charge < -0.3 is 5.73 Å². The van der Waals surface area contributed by atoms with E-state index in [0.717, 1.165) is 17.8 Å². The number of nitrogens with two attached hydrogens (primary N) is 1. The molecule has 2 aliphatic rings. The second kappa shape index (κ2) is 0.544. The van der Waals surface area contributed by atoms with Crippen LogP contribution in [0, 0.1) is 17.8 Å². The molecule has 0 heterocycles. The average molecular weight is 83.1 g/mol. The van der Waals surface area contributed by atoms with Gasteiger partial charge in [-0.3, -0.25) is 0 Å². The van der Waals surface area contributed by atoms with Gasteiger partial charge in [-0.2, -0.15) is 0 Å². The van der Waals surface area contributed by atoms with Crippen LogP contribution in [0.4, 0.5) is 0 Å². The number of hydrogen-bond acceptors (Lipinski definition) is 1. The molecule has 2 rings (SSSR count). The Morgan fingerprint density at radius 1 is 1.33 bits per heavy atom. The van der Waals surface area contributed by atoms with Crippen molar-refractivity contribution in [3.05, 3.63) is 0 Å². The zero-order chi connectivity index (χ0) is 4.31. The predicted molar refractivity (Wildman–Crippen MR) is 24.1 cm³/mol. The van der Waals surface area contributed by atoms with Gasteiger partial charge in [0.25, 0.3) is 0 Å². The number of fused-ring (bicyclic) bond motifs is 1. The van der Waals surface area contributed by atoms with Crippen LogP contribution < -0.4 is 5.73 Å². The largest absolute Gasteiger partial charge is 0.327 e. The molecular formula is C5H9N. The van der Waals surface area contributed by atoms with E-state index in [1.165, 1.54) is 0 Å². The molecule has 2 aliphatic carbocycles. The topological polar surface area (TPSA) is 26.0 Å². The highest BCUT2D eigenvalue weighted by atomic mass is 14.9. The Balaban J connectivity index is 2.06. The Morgan fingerprint density at radius 3 is 1.83 bits per heavy atom. The molecule has 0 aromatic rings. The molecule has 1 nitrogen and oxygen atoms in total. The minimum Gasteiger partial charge on any atom is -0.327 e. The predicted octanol–water partition coefficient (Wildman–Crippen LogP) is 0.209. The van der Waals surface area contributed by atoms with Crippen LogP contribution in [-0.2, 0) is 0 Å². The van der Waals surface area contributed by atoms with Crippen molar-refractivity contribution < 1.29 is 0 Å². The molecule has 0 saturated heterocycles. The van der Waals surface area contributed by atoms with E-state index in [4.69, 9.17) is 5.73 Å². The van der Waals surface area contributed by atoms with Crippen LogP contribution in [0.15, 0.2) is 0 Å². The third-order valence-electron chi connectivity index (χ3n) is 2.27. The molecule has 2 saturated carbocycles. The molecule has 34 valence electrons. The van der Waals surface area contributed by atoms with Crippen LogP contribution in [0.2, 0.25) is 0 Å². The fraction of sp³-hybridized carbons (Fsp3) is 1.00. The Morgan fingerprint density at radius 2 is 1.83 bits per heavy atom. The van der Waals surface area contributed by atoms with E-state index in [1.807, 2.05) is 0 Å². The Bertz CT molecular complexity index is 69.9. The summed E-state index contributed by atoms with van der Waals surface area (Å²) in [5.41, 5.74) is 5.51. The van der Waals surface area contributed by atoms with E-state index < -0.39 is 0 Å². The van der Waals surface area contributed by atoms with Crippen molar-refractivity contribution in [2.24, 2.45) is 23.5 Å². The maximum absolute atomic E-state index is 5.51. The highest BCUT2D eigenvalue weighted by Gasteiger charge is 2.69. The highest BCUT2D eigenvalue weighted by Crippen LogP contribution is 2.66. The molecule has 2 fully saturated rings. The summed E-state index contributed by atoms with van der Waals surface area (Å²) in [4.78, 5) is 0. The zero-order valence-electron chi connectivity index (χ0n) is 3.89. The van der Waals surface area contributed by atoms with E-state index >= 15 is 0 Å². The molecular weight excluding hydrogens is 74.1 g/mol. The average Bonchev–Trinajstić information content (AvgIpc) is 2.28. The van der Waals surface area contributed by atoms with Gasteiger partial charge in [-0.25, -0.2) is 0 Å². The van der Waals surface area contributed by atoms with Crippen molar-refractivity contribution in [3.8, 4) is 0 Å². The standard InChI is InChI=1S/C5H9N/c1-2-3-4(2)5(3)6/h2-5H,6H2,1H3/t2?,3-,4?,5?/m1/s1. The summed E-state index contributed by atoms with van der Waals surface area (Å²) in [5.74, 6) is 2.93. The lowest BCUT2D eigenvalue weighted by atomic mass is 10.2. The first-order chi connectivity index (χ1) is 2.82. The molecule has 4 atom stereocenters. The first kappa shape index (κ1) is 3.03. The van der Waals surface area contributed by atoms with E-state index in [2.05, 4.69) is 6.92 Å². The molecule has 0 amide bonds. The van der Waals surface area contributed by atoms with Crippen LogP contribution in [0.25, 0.3) is 0 Å². The Labute approximate surface area is 37.5 Å². The fourth-order valence-corrected chi connectivity index (χ4v) is 1.47. The molecule has 0 aromatic heterocycles. The molecule has 0 spiro atoms. The summed E-state index contributed by atoms with van der Waals surface area (Å²) >= 11 is 0. The van der Waals surface area contributed by atoms with Crippen LogP contribution >= 0.6 is 0 Å². The zero-order valence-corrected chi connectivity index (χ0v) is 3.89. The molecule has 0 aromatic carbocycles. The van der Waals surface area contributed by atoms with Crippen LogP contribution in [0.5, 0.6) is 0 Å². The lowest BCUT2D eigenvalue weighted by molar-refractivity contribution is 0.600. The van der Waals surface area contributed by atoms with Gasteiger partial charge in [0.2, 0.25) is 0 Å². The van der Waals surface area contributed by atoms with Gasteiger partial charge in [0.05, 0.1) is 0 Å². The van der Waals surface area contributed by atoms with Crippen molar-refractivity contribution >= 4 is 0 Å². The van der Waals surface area contributed by atoms with Crippen LogP contribution in [0.3, 0.4) is 0 Å². The van der Waals surface area contributed by atoms with Crippen molar-refractivity contribution in [3.63, 3.8) is 0 Å². The number of rotatable bonds is 0. The second-order valence-electron chi connectivity index (χ2n) is 2.59. The summed E-state index contributed by atoms with van der Waals surface area (Å²) in [7, 11) is 0. The number of hydrogen-bond donors (Lipinski definition) is 1.